The van der Waals surface area contributed by atoms with Gasteiger partial charge in [0.2, 0.25) is 11.8 Å². The van der Waals surface area contributed by atoms with Gasteiger partial charge in [0.05, 0.1) is 5.69 Å². The lowest BCUT2D eigenvalue weighted by Gasteiger charge is -2.15. The summed E-state index contributed by atoms with van der Waals surface area (Å²) >= 11 is 1.41. The minimum atomic E-state index is -0.431. The molecule has 31 heavy (non-hydrogen) atoms. The number of aryl methyl sites for hydroxylation is 2. The molecule has 0 bridgehead atoms. The molecule has 1 unspecified atom stereocenters. The van der Waals surface area contributed by atoms with Crippen molar-refractivity contribution in [3.05, 3.63) is 59.2 Å². The zero-order valence-corrected chi connectivity index (χ0v) is 19.3. The summed E-state index contributed by atoms with van der Waals surface area (Å²) in [6.45, 7) is 8.29. The van der Waals surface area contributed by atoms with Crippen LogP contribution in [-0.2, 0) is 9.59 Å². The molecule has 2 amide bonds. The van der Waals surface area contributed by atoms with E-state index in [9.17, 15) is 9.59 Å². The van der Waals surface area contributed by atoms with Gasteiger partial charge in [0.1, 0.15) is 5.25 Å². The SMILES string of the molecule is Cc1ccc(C)c(NC(=O)CC2SC(=Nc3ccc(C(C)C)cc3)N(C3CC3)C2=O)c1. The van der Waals surface area contributed by atoms with Crippen LogP contribution >= 0.6 is 11.8 Å². The van der Waals surface area contributed by atoms with E-state index in [4.69, 9.17) is 4.99 Å². The van der Waals surface area contributed by atoms with Gasteiger partial charge in [0.25, 0.3) is 0 Å². The van der Waals surface area contributed by atoms with E-state index >= 15 is 0 Å². The van der Waals surface area contributed by atoms with E-state index in [0.717, 1.165) is 35.3 Å². The third-order valence-electron chi connectivity index (χ3n) is 5.70. The monoisotopic (exact) mass is 435 g/mol. The number of rotatable bonds is 6. The van der Waals surface area contributed by atoms with Crippen LogP contribution in [0.2, 0.25) is 0 Å². The number of nitrogens with zero attached hydrogens (tertiary/aromatic N) is 2. The van der Waals surface area contributed by atoms with Crippen molar-refractivity contribution in [1.82, 2.24) is 4.90 Å². The van der Waals surface area contributed by atoms with Gasteiger partial charge in [-0.15, -0.1) is 0 Å². The normalized spacial score (nSPS) is 20.0. The third-order valence-corrected chi connectivity index (χ3v) is 6.85. The number of aliphatic imine (C=N–C) groups is 1. The van der Waals surface area contributed by atoms with Crippen molar-refractivity contribution in [3.63, 3.8) is 0 Å². The van der Waals surface area contributed by atoms with Crippen LogP contribution in [0.15, 0.2) is 47.5 Å². The highest BCUT2D eigenvalue weighted by Gasteiger charge is 2.46. The summed E-state index contributed by atoms with van der Waals surface area (Å²) in [6, 6.07) is 14.4. The van der Waals surface area contributed by atoms with E-state index < -0.39 is 5.25 Å². The maximum absolute atomic E-state index is 13.1. The lowest BCUT2D eigenvalue weighted by molar-refractivity contribution is -0.128. The number of benzene rings is 2. The fraction of sp³-hybridized carbons (Fsp3) is 0.400. The number of anilines is 1. The lowest BCUT2D eigenvalue weighted by Crippen LogP contribution is -2.35. The van der Waals surface area contributed by atoms with Crippen LogP contribution in [0.3, 0.4) is 0 Å². The smallest absolute Gasteiger partial charge is 0.242 e. The Hall–Kier alpha value is -2.60. The van der Waals surface area contributed by atoms with Gasteiger partial charge in [-0.1, -0.05) is 49.9 Å². The Labute approximate surface area is 188 Å². The molecule has 1 aliphatic carbocycles. The number of carbonyl (C=O) groups excluding carboxylic acids is 2. The quantitative estimate of drug-likeness (QED) is 0.647. The molecule has 2 aromatic carbocycles. The molecule has 1 heterocycles. The molecule has 1 saturated carbocycles. The van der Waals surface area contributed by atoms with Crippen LogP contribution in [0, 0.1) is 13.8 Å². The second-order valence-electron chi connectivity index (χ2n) is 8.76. The molecule has 4 rings (SSSR count). The van der Waals surface area contributed by atoms with Gasteiger partial charge in [-0.25, -0.2) is 4.99 Å². The zero-order chi connectivity index (χ0) is 22.1. The first-order valence-corrected chi connectivity index (χ1v) is 11.8. The van der Waals surface area contributed by atoms with Gasteiger partial charge in [-0.2, -0.15) is 0 Å². The molecule has 1 N–H and O–H groups in total. The fourth-order valence-corrected chi connectivity index (χ4v) is 4.86. The van der Waals surface area contributed by atoms with Crippen molar-refractivity contribution in [3.8, 4) is 0 Å². The van der Waals surface area contributed by atoms with Crippen LogP contribution < -0.4 is 5.32 Å². The maximum atomic E-state index is 13.1. The minimum absolute atomic E-state index is 0.00108. The van der Waals surface area contributed by atoms with Crippen molar-refractivity contribution in [2.75, 3.05) is 5.32 Å². The summed E-state index contributed by atoms with van der Waals surface area (Å²) in [5, 5.41) is 3.26. The van der Waals surface area contributed by atoms with Crippen molar-refractivity contribution in [1.29, 1.82) is 0 Å². The Morgan fingerprint density at radius 1 is 1.16 bits per heavy atom. The number of carbonyl (C=O) groups is 2. The van der Waals surface area contributed by atoms with E-state index in [1.54, 1.807) is 0 Å². The molecule has 2 fully saturated rings. The number of amidine groups is 1. The molecule has 2 aromatic rings. The summed E-state index contributed by atoms with van der Waals surface area (Å²) in [7, 11) is 0. The molecule has 0 radical (unpaired) electrons. The first-order chi connectivity index (χ1) is 14.8. The van der Waals surface area contributed by atoms with E-state index in [1.807, 2.05) is 49.1 Å². The molecule has 0 aromatic heterocycles. The molecule has 162 valence electrons. The summed E-state index contributed by atoms with van der Waals surface area (Å²) < 4.78 is 0. The average molecular weight is 436 g/mol. The summed E-state index contributed by atoms with van der Waals surface area (Å²) in [5.41, 5.74) is 5.00. The molecular weight excluding hydrogens is 406 g/mol. The Bertz CT molecular complexity index is 1030. The van der Waals surface area contributed by atoms with Crippen LogP contribution in [-0.4, -0.2) is 33.2 Å². The number of nitrogens with one attached hydrogen (secondary N) is 1. The Morgan fingerprint density at radius 2 is 1.87 bits per heavy atom. The molecule has 1 saturated heterocycles. The third kappa shape index (κ3) is 5.01. The van der Waals surface area contributed by atoms with Crippen LogP contribution in [0.25, 0.3) is 0 Å². The summed E-state index contributed by atoms with van der Waals surface area (Å²) in [6.07, 6.45) is 2.14. The summed E-state index contributed by atoms with van der Waals surface area (Å²) in [5.74, 6) is 0.325. The minimum Gasteiger partial charge on any atom is -0.326 e. The standard InChI is InChI=1S/C25H29N3O2S/c1-15(2)18-7-9-19(10-8-18)26-25-28(20-11-12-20)24(30)22(31-25)14-23(29)27-21-13-16(3)5-6-17(21)4/h5-10,13,15,20,22H,11-12,14H2,1-4H3,(H,27,29). The predicted molar refractivity (Wildman–Crippen MR) is 128 cm³/mol. The van der Waals surface area contributed by atoms with Gasteiger partial charge in [0, 0.05) is 18.2 Å². The average Bonchev–Trinajstić information content (AvgIpc) is 3.51. The predicted octanol–water partition coefficient (Wildman–Crippen LogP) is 5.55. The van der Waals surface area contributed by atoms with E-state index in [1.165, 1.54) is 17.3 Å². The number of hydrogen-bond donors (Lipinski definition) is 1. The lowest BCUT2D eigenvalue weighted by atomic mass is 10.0. The first kappa shape index (κ1) is 21.6. The topological polar surface area (TPSA) is 61.8 Å². The molecule has 5 nitrogen and oxygen atoms in total. The molecule has 6 heteroatoms. The van der Waals surface area contributed by atoms with Crippen molar-refractivity contribution in [2.45, 2.75) is 64.2 Å². The van der Waals surface area contributed by atoms with E-state index in [-0.39, 0.29) is 24.3 Å². The number of hydrogen-bond acceptors (Lipinski definition) is 4. The molecule has 1 aliphatic heterocycles. The highest BCUT2D eigenvalue weighted by atomic mass is 32.2. The van der Waals surface area contributed by atoms with E-state index in [2.05, 4.69) is 31.3 Å². The maximum Gasteiger partial charge on any atom is 0.242 e. The van der Waals surface area contributed by atoms with Gasteiger partial charge in [-0.05, 0) is 67.5 Å². The number of thioether (sulfide) groups is 1. The second kappa shape index (κ2) is 8.87. The molecule has 2 aliphatic rings. The van der Waals surface area contributed by atoms with Gasteiger partial charge < -0.3 is 5.32 Å². The van der Waals surface area contributed by atoms with Crippen molar-refractivity contribution >= 4 is 40.1 Å². The second-order valence-corrected chi connectivity index (χ2v) is 9.93. The largest absolute Gasteiger partial charge is 0.326 e. The van der Waals surface area contributed by atoms with Gasteiger partial charge in [0.15, 0.2) is 5.17 Å². The highest BCUT2D eigenvalue weighted by Crippen LogP contribution is 2.39. The van der Waals surface area contributed by atoms with Crippen molar-refractivity contribution in [2.24, 2.45) is 4.99 Å². The Kier molecular flexibility index (Phi) is 6.19. The van der Waals surface area contributed by atoms with Gasteiger partial charge in [-0.3, -0.25) is 14.5 Å². The molecule has 1 atom stereocenters. The number of amides is 2. The highest BCUT2D eigenvalue weighted by molar-refractivity contribution is 8.15. The fourth-order valence-electron chi connectivity index (χ4n) is 3.65. The van der Waals surface area contributed by atoms with Crippen LogP contribution in [0.1, 0.15) is 55.7 Å². The zero-order valence-electron chi connectivity index (χ0n) is 18.5. The molecular formula is C25H29N3O2S. The molecule has 0 spiro atoms. The summed E-state index contributed by atoms with van der Waals surface area (Å²) in [4.78, 5) is 32.4. The van der Waals surface area contributed by atoms with Crippen LogP contribution in [0.5, 0.6) is 0 Å². The Morgan fingerprint density at radius 3 is 2.52 bits per heavy atom. The van der Waals surface area contributed by atoms with Crippen molar-refractivity contribution < 1.29 is 9.59 Å². The van der Waals surface area contributed by atoms with E-state index in [0.29, 0.717) is 11.1 Å². The Balaban J connectivity index is 1.49. The van der Waals surface area contributed by atoms with Gasteiger partial charge >= 0.3 is 0 Å². The first-order valence-electron chi connectivity index (χ1n) is 10.9. The van der Waals surface area contributed by atoms with Crippen LogP contribution in [0.4, 0.5) is 11.4 Å².